The van der Waals surface area contributed by atoms with Gasteiger partial charge < -0.3 is 9.80 Å². The van der Waals surface area contributed by atoms with Crippen LogP contribution in [0, 0.1) is 0 Å². The summed E-state index contributed by atoms with van der Waals surface area (Å²) in [4.78, 5) is 26.8. The molecule has 0 fully saturated rings. The Kier molecular flexibility index (Phi) is 6.31. The van der Waals surface area contributed by atoms with Gasteiger partial charge in [0, 0.05) is 43.8 Å². The van der Waals surface area contributed by atoms with Gasteiger partial charge in [0.25, 0.3) is 5.91 Å². The highest BCUT2D eigenvalue weighted by molar-refractivity contribution is 5.94. The van der Waals surface area contributed by atoms with Gasteiger partial charge in [-0.25, -0.2) is 9.97 Å². The molecule has 1 aliphatic rings. The van der Waals surface area contributed by atoms with E-state index in [0.29, 0.717) is 13.1 Å². The van der Waals surface area contributed by atoms with Gasteiger partial charge in [0.15, 0.2) is 5.82 Å². The molecule has 0 spiro atoms. The van der Waals surface area contributed by atoms with E-state index in [1.54, 1.807) is 0 Å². The molecule has 4 rings (SSSR count). The Morgan fingerprint density at radius 2 is 1.77 bits per heavy atom. The molecule has 5 heteroatoms. The molecule has 0 saturated heterocycles. The molecular weight excluding hydrogens is 384 g/mol. The van der Waals surface area contributed by atoms with E-state index in [2.05, 4.69) is 19.1 Å². The van der Waals surface area contributed by atoms with Crippen molar-refractivity contribution in [3.63, 3.8) is 0 Å². The fourth-order valence-electron chi connectivity index (χ4n) is 4.03. The monoisotopic (exact) mass is 414 g/mol. The Morgan fingerprint density at radius 3 is 2.45 bits per heavy atom. The maximum Gasteiger partial charge on any atom is 0.254 e. The van der Waals surface area contributed by atoms with Gasteiger partial charge in [0.1, 0.15) is 5.82 Å². The van der Waals surface area contributed by atoms with Crippen LogP contribution in [0.2, 0.25) is 0 Å². The summed E-state index contributed by atoms with van der Waals surface area (Å²) in [5.41, 5.74) is 5.13. The predicted octanol–water partition coefficient (Wildman–Crippen LogP) is 4.75. The SMILES string of the molecule is CCCCc1ccc(C(=O)N2CCc3nc(-c4ccccc4)nc(N(C)C)c3C2)cc1. The van der Waals surface area contributed by atoms with E-state index in [-0.39, 0.29) is 5.91 Å². The zero-order chi connectivity index (χ0) is 21.8. The molecule has 1 aliphatic heterocycles. The number of fused-ring (bicyclic) bond motifs is 1. The second kappa shape index (κ2) is 9.29. The van der Waals surface area contributed by atoms with Crippen molar-refractivity contribution >= 4 is 11.7 Å². The van der Waals surface area contributed by atoms with Crippen LogP contribution in [0.15, 0.2) is 54.6 Å². The standard InChI is InChI=1S/C26H30N4O/c1-4-5-9-19-12-14-21(15-13-19)26(31)30-17-16-23-22(18-30)25(29(2)3)28-24(27-23)20-10-7-6-8-11-20/h6-8,10-15H,4-5,9,16-18H2,1-3H3. The molecule has 1 amide bonds. The van der Waals surface area contributed by atoms with Gasteiger partial charge in [-0.15, -0.1) is 0 Å². The number of hydrogen-bond acceptors (Lipinski definition) is 4. The van der Waals surface area contributed by atoms with Crippen LogP contribution in [0.3, 0.4) is 0 Å². The van der Waals surface area contributed by atoms with Crippen molar-refractivity contribution in [2.45, 2.75) is 39.2 Å². The van der Waals surface area contributed by atoms with Crippen LogP contribution in [0.4, 0.5) is 5.82 Å². The molecule has 1 aromatic heterocycles. The summed E-state index contributed by atoms with van der Waals surface area (Å²) in [6, 6.07) is 18.2. The minimum Gasteiger partial charge on any atom is -0.362 e. The zero-order valence-electron chi connectivity index (χ0n) is 18.6. The van der Waals surface area contributed by atoms with E-state index < -0.39 is 0 Å². The van der Waals surface area contributed by atoms with Crippen molar-refractivity contribution in [2.75, 3.05) is 25.5 Å². The van der Waals surface area contributed by atoms with E-state index in [4.69, 9.17) is 9.97 Å². The lowest BCUT2D eigenvalue weighted by molar-refractivity contribution is 0.0733. The molecule has 5 nitrogen and oxygen atoms in total. The first-order valence-electron chi connectivity index (χ1n) is 11.1. The van der Waals surface area contributed by atoms with Crippen LogP contribution < -0.4 is 4.90 Å². The summed E-state index contributed by atoms with van der Waals surface area (Å²) in [7, 11) is 3.99. The number of aromatic nitrogens is 2. The normalized spacial score (nSPS) is 13.1. The molecule has 2 heterocycles. The first-order valence-corrected chi connectivity index (χ1v) is 11.1. The average molecular weight is 415 g/mol. The van der Waals surface area contributed by atoms with Crippen LogP contribution in [0.5, 0.6) is 0 Å². The fraction of sp³-hybridized carbons (Fsp3) is 0.346. The van der Waals surface area contributed by atoms with Gasteiger partial charge in [-0.1, -0.05) is 55.8 Å². The smallest absolute Gasteiger partial charge is 0.254 e. The summed E-state index contributed by atoms with van der Waals surface area (Å²) in [5, 5.41) is 0. The van der Waals surface area contributed by atoms with E-state index in [9.17, 15) is 4.79 Å². The molecular formula is C26H30N4O. The Hall–Kier alpha value is -3.21. The van der Waals surface area contributed by atoms with Crippen LogP contribution in [-0.4, -0.2) is 41.4 Å². The van der Waals surface area contributed by atoms with Crippen LogP contribution in [-0.2, 0) is 19.4 Å². The molecule has 0 saturated carbocycles. The molecule has 31 heavy (non-hydrogen) atoms. The number of nitrogens with zero attached hydrogens (tertiary/aromatic N) is 4. The van der Waals surface area contributed by atoms with Crippen molar-refractivity contribution in [3.8, 4) is 11.4 Å². The van der Waals surface area contributed by atoms with Gasteiger partial charge in [-0.05, 0) is 30.5 Å². The summed E-state index contributed by atoms with van der Waals surface area (Å²) in [5.74, 6) is 1.70. The highest BCUT2D eigenvalue weighted by Crippen LogP contribution is 2.29. The molecule has 160 valence electrons. The number of carbonyl (C=O) groups excluding carboxylic acids is 1. The molecule has 2 aromatic carbocycles. The third-order valence-corrected chi connectivity index (χ3v) is 5.80. The third kappa shape index (κ3) is 4.61. The van der Waals surface area contributed by atoms with Crippen molar-refractivity contribution in [1.82, 2.24) is 14.9 Å². The van der Waals surface area contributed by atoms with Crippen LogP contribution in [0.1, 0.15) is 46.9 Å². The fourth-order valence-corrected chi connectivity index (χ4v) is 4.03. The van der Waals surface area contributed by atoms with Crippen molar-refractivity contribution in [1.29, 1.82) is 0 Å². The van der Waals surface area contributed by atoms with Crippen LogP contribution >= 0.6 is 0 Å². The summed E-state index contributed by atoms with van der Waals surface area (Å²) in [6.07, 6.45) is 4.15. The first kappa shape index (κ1) is 21.0. The summed E-state index contributed by atoms with van der Waals surface area (Å²) in [6.45, 7) is 3.40. The number of hydrogen-bond donors (Lipinski definition) is 0. The lowest BCUT2D eigenvalue weighted by atomic mass is 10.0. The number of amides is 1. The van der Waals surface area contributed by atoms with Gasteiger partial charge in [-0.2, -0.15) is 0 Å². The van der Waals surface area contributed by atoms with E-state index in [1.165, 1.54) is 18.4 Å². The molecule has 0 bridgehead atoms. The number of anilines is 1. The van der Waals surface area contributed by atoms with Gasteiger partial charge in [0.05, 0.1) is 12.2 Å². The highest BCUT2D eigenvalue weighted by atomic mass is 16.2. The largest absolute Gasteiger partial charge is 0.362 e. The molecule has 0 N–H and O–H groups in total. The van der Waals surface area contributed by atoms with Gasteiger partial charge in [-0.3, -0.25) is 4.79 Å². The van der Waals surface area contributed by atoms with Gasteiger partial charge in [0.2, 0.25) is 0 Å². The minimum atomic E-state index is 0.0736. The average Bonchev–Trinajstić information content (AvgIpc) is 2.82. The van der Waals surface area contributed by atoms with Crippen molar-refractivity contribution in [3.05, 3.63) is 77.0 Å². The zero-order valence-corrected chi connectivity index (χ0v) is 18.6. The number of unbranched alkanes of at least 4 members (excludes halogenated alkanes) is 1. The quantitative estimate of drug-likeness (QED) is 0.584. The van der Waals surface area contributed by atoms with Crippen molar-refractivity contribution < 1.29 is 4.79 Å². The Labute approximate surface area is 184 Å². The summed E-state index contributed by atoms with van der Waals surface area (Å²) >= 11 is 0. The topological polar surface area (TPSA) is 49.3 Å². The van der Waals surface area contributed by atoms with Gasteiger partial charge >= 0.3 is 0 Å². The predicted molar refractivity (Wildman–Crippen MR) is 125 cm³/mol. The second-order valence-electron chi connectivity index (χ2n) is 8.33. The minimum absolute atomic E-state index is 0.0736. The lowest BCUT2D eigenvalue weighted by Gasteiger charge is -2.31. The Morgan fingerprint density at radius 1 is 1.03 bits per heavy atom. The van der Waals surface area contributed by atoms with E-state index >= 15 is 0 Å². The van der Waals surface area contributed by atoms with Crippen molar-refractivity contribution in [2.24, 2.45) is 0 Å². The van der Waals surface area contributed by atoms with E-state index in [0.717, 1.165) is 46.9 Å². The number of rotatable bonds is 6. The van der Waals surface area contributed by atoms with Crippen LogP contribution in [0.25, 0.3) is 11.4 Å². The second-order valence-corrected chi connectivity index (χ2v) is 8.33. The third-order valence-electron chi connectivity index (χ3n) is 5.80. The molecule has 3 aromatic rings. The Balaban J connectivity index is 1.58. The lowest BCUT2D eigenvalue weighted by Crippen LogP contribution is -2.37. The molecule has 0 radical (unpaired) electrons. The number of aryl methyl sites for hydroxylation is 1. The maximum absolute atomic E-state index is 13.2. The first-order chi connectivity index (χ1) is 15.1. The number of benzene rings is 2. The molecule has 0 aliphatic carbocycles. The number of carbonyl (C=O) groups is 1. The molecule has 0 unspecified atom stereocenters. The Bertz CT molecular complexity index is 1050. The summed E-state index contributed by atoms with van der Waals surface area (Å²) < 4.78 is 0. The highest BCUT2D eigenvalue weighted by Gasteiger charge is 2.27. The van der Waals surface area contributed by atoms with E-state index in [1.807, 2.05) is 66.4 Å². The molecule has 0 atom stereocenters. The maximum atomic E-state index is 13.2.